The SMILES string of the molecule is Cn1nc(C(=O)O)c(C2CC(F)(F)C2)n1. The average molecular weight is 217 g/mol. The summed E-state index contributed by atoms with van der Waals surface area (Å²) in [6.45, 7) is 0. The molecule has 0 bridgehead atoms. The van der Waals surface area contributed by atoms with E-state index in [1.807, 2.05) is 0 Å². The zero-order chi connectivity index (χ0) is 11.2. The van der Waals surface area contributed by atoms with Gasteiger partial charge in [0.15, 0.2) is 5.69 Å². The zero-order valence-corrected chi connectivity index (χ0v) is 7.94. The molecule has 15 heavy (non-hydrogen) atoms. The summed E-state index contributed by atoms with van der Waals surface area (Å²) in [5.41, 5.74) is -0.0612. The first-order valence-electron chi connectivity index (χ1n) is 4.41. The Hall–Kier alpha value is -1.53. The Kier molecular flexibility index (Phi) is 1.99. The minimum Gasteiger partial charge on any atom is -0.476 e. The molecule has 0 spiro atoms. The minimum atomic E-state index is -2.68. The largest absolute Gasteiger partial charge is 0.476 e. The van der Waals surface area contributed by atoms with E-state index in [1.54, 1.807) is 0 Å². The van der Waals surface area contributed by atoms with E-state index >= 15 is 0 Å². The Morgan fingerprint density at radius 1 is 1.53 bits per heavy atom. The highest BCUT2D eigenvalue weighted by atomic mass is 19.3. The summed E-state index contributed by atoms with van der Waals surface area (Å²) in [6.07, 6.45) is -0.683. The van der Waals surface area contributed by atoms with E-state index in [-0.39, 0.29) is 24.2 Å². The quantitative estimate of drug-likeness (QED) is 0.803. The van der Waals surface area contributed by atoms with Crippen LogP contribution in [0.15, 0.2) is 0 Å². The molecule has 1 aromatic rings. The molecule has 1 aromatic heterocycles. The number of hydrogen-bond donors (Lipinski definition) is 1. The number of rotatable bonds is 2. The van der Waals surface area contributed by atoms with Gasteiger partial charge in [0.1, 0.15) is 5.69 Å². The van der Waals surface area contributed by atoms with E-state index in [0.717, 1.165) is 4.80 Å². The summed E-state index contributed by atoms with van der Waals surface area (Å²) < 4.78 is 25.2. The van der Waals surface area contributed by atoms with Crippen molar-refractivity contribution in [3.05, 3.63) is 11.4 Å². The number of carboxylic acid groups (broad SMARTS) is 1. The minimum absolute atomic E-state index is 0.163. The molecule has 1 saturated carbocycles. The Labute approximate surface area is 83.7 Å². The van der Waals surface area contributed by atoms with Gasteiger partial charge in [-0.2, -0.15) is 9.90 Å². The van der Waals surface area contributed by atoms with Crippen LogP contribution in [-0.4, -0.2) is 32.0 Å². The van der Waals surface area contributed by atoms with Crippen molar-refractivity contribution in [1.82, 2.24) is 15.0 Å². The summed E-state index contributed by atoms with van der Waals surface area (Å²) in [7, 11) is 1.47. The lowest BCUT2D eigenvalue weighted by atomic mass is 9.78. The topological polar surface area (TPSA) is 68.0 Å². The summed E-state index contributed by atoms with van der Waals surface area (Å²) in [5.74, 6) is -4.40. The zero-order valence-electron chi connectivity index (χ0n) is 7.94. The van der Waals surface area contributed by atoms with Crippen LogP contribution in [0.3, 0.4) is 0 Å². The number of halogens is 2. The normalized spacial score (nSPS) is 19.9. The van der Waals surface area contributed by atoms with Crippen LogP contribution in [-0.2, 0) is 7.05 Å². The van der Waals surface area contributed by atoms with E-state index in [1.165, 1.54) is 7.05 Å². The Morgan fingerprint density at radius 3 is 2.60 bits per heavy atom. The number of carboxylic acids is 1. The third-order valence-corrected chi connectivity index (χ3v) is 2.42. The van der Waals surface area contributed by atoms with Gasteiger partial charge in [0.2, 0.25) is 5.92 Å². The van der Waals surface area contributed by atoms with Gasteiger partial charge in [-0.25, -0.2) is 13.6 Å². The standard InChI is InChI=1S/C8H9F2N3O2/c1-13-11-5(6(12-13)7(14)15)4-2-8(9,10)3-4/h4H,2-3H2,1H3,(H,14,15). The van der Waals surface area contributed by atoms with Crippen molar-refractivity contribution in [2.75, 3.05) is 0 Å². The molecule has 0 amide bonds. The van der Waals surface area contributed by atoms with Crippen LogP contribution in [0.2, 0.25) is 0 Å². The summed E-state index contributed by atoms with van der Waals surface area (Å²) in [4.78, 5) is 11.8. The van der Waals surface area contributed by atoms with E-state index < -0.39 is 17.8 Å². The number of aromatic nitrogens is 3. The van der Waals surface area contributed by atoms with Crippen LogP contribution in [0.1, 0.15) is 34.9 Å². The van der Waals surface area contributed by atoms with Crippen LogP contribution in [0, 0.1) is 0 Å². The third-order valence-electron chi connectivity index (χ3n) is 2.42. The second-order valence-electron chi connectivity index (χ2n) is 3.69. The Bertz CT molecular complexity index is 408. The molecule has 1 N–H and O–H groups in total. The van der Waals surface area contributed by atoms with E-state index in [2.05, 4.69) is 10.2 Å². The van der Waals surface area contributed by atoms with Gasteiger partial charge in [-0.3, -0.25) is 0 Å². The first-order valence-corrected chi connectivity index (χ1v) is 4.41. The number of aromatic carboxylic acids is 1. The Balaban J connectivity index is 2.26. The number of aryl methyl sites for hydroxylation is 1. The molecule has 2 rings (SSSR count). The molecular weight excluding hydrogens is 208 g/mol. The van der Waals surface area contributed by atoms with E-state index in [9.17, 15) is 13.6 Å². The molecule has 0 atom stereocenters. The van der Waals surface area contributed by atoms with Crippen LogP contribution < -0.4 is 0 Å². The molecule has 1 heterocycles. The van der Waals surface area contributed by atoms with Gasteiger partial charge in [-0.1, -0.05) is 0 Å². The number of hydrogen-bond acceptors (Lipinski definition) is 3. The molecule has 7 heteroatoms. The molecule has 1 fully saturated rings. The maximum absolute atomic E-state index is 12.6. The highest BCUT2D eigenvalue weighted by Crippen LogP contribution is 2.48. The van der Waals surface area contributed by atoms with Gasteiger partial charge in [0.25, 0.3) is 0 Å². The van der Waals surface area contributed by atoms with Gasteiger partial charge in [-0.05, 0) is 0 Å². The van der Waals surface area contributed by atoms with Crippen LogP contribution in [0.5, 0.6) is 0 Å². The van der Waals surface area contributed by atoms with E-state index in [0.29, 0.717) is 0 Å². The second kappa shape index (κ2) is 2.98. The smallest absolute Gasteiger partial charge is 0.358 e. The fourth-order valence-corrected chi connectivity index (χ4v) is 1.70. The fourth-order valence-electron chi connectivity index (χ4n) is 1.70. The van der Waals surface area contributed by atoms with Gasteiger partial charge in [0.05, 0.1) is 0 Å². The highest BCUT2D eigenvalue weighted by molar-refractivity contribution is 5.86. The number of nitrogens with zero attached hydrogens (tertiary/aromatic N) is 3. The van der Waals surface area contributed by atoms with Crippen molar-refractivity contribution in [3.63, 3.8) is 0 Å². The van der Waals surface area contributed by atoms with Crippen molar-refractivity contribution < 1.29 is 18.7 Å². The monoisotopic (exact) mass is 217 g/mol. The molecule has 0 aromatic carbocycles. The highest BCUT2D eigenvalue weighted by Gasteiger charge is 2.48. The maximum atomic E-state index is 12.6. The van der Waals surface area contributed by atoms with Gasteiger partial charge in [0, 0.05) is 25.8 Å². The molecular formula is C8H9F2N3O2. The lowest BCUT2D eigenvalue weighted by molar-refractivity contribution is -0.0878. The lowest BCUT2D eigenvalue weighted by Crippen LogP contribution is -2.34. The van der Waals surface area contributed by atoms with Crippen molar-refractivity contribution in [3.8, 4) is 0 Å². The molecule has 1 aliphatic carbocycles. The Morgan fingerprint density at radius 2 is 2.13 bits per heavy atom. The van der Waals surface area contributed by atoms with Crippen LogP contribution >= 0.6 is 0 Å². The molecule has 0 unspecified atom stereocenters. The number of alkyl halides is 2. The van der Waals surface area contributed by atoms with Crippen LogP contribution in [0.25, 0.3) is 0 Å². The summed E-state index contributed by atoms with van der Waals surface area (Å²) in [6, 6.07) is 0. The molecule has 5 nitrogen and oxygen atoms in total. The predicted octanol–water partition coefficient (Wildman–Crippen LogP) is 1.03. The fraction of sp³-hybridized carbons (Fsp3) is 0.625. The number of carbonyl (C=O) groups is 1. The summed E-state index contributed by atoms with van der Waals surface area (Å²) in [5, 5.41) is 16.2. The molecule has 82 valence electrons. The van der Waals surface area contributed by atoms with Gasteiger partial charge in [-0.15, -0.1) is 5.10 Å². The molecule has 0 saturated heterocycles. The third kappa shape index (κ3) is 1.69. The van der Waals surface area contributed by atoms with Crippen molar-refractivity contribution >= 4 is 5.97 Å². The maximum Gasteiger partial charge on any atom is 0.358 e. The lowest BCUT2D eigenvalue weighted by Gasteiger charge is -2.33. The first-order chi connectivity index (χ1) is 6.89. The van der Waals surface area contributed by atoms with Crippen molar-refractivity contribution in [2.45, 2.75) is 24.7 Å². The van der Waals surface area contributed by atoms with Crippen molar-refractivity contribution in [2.24, 2.45) is 7.05 Å². The molecule has 0 aliphatic heterocycles. The average Bonchev–Trinajstić information content (AvgIpc) is 2.42. The second-order valence-corrected chi connectivity index (χ2v) is 3.69. The van der Waals surface area contributed by atoms with Gasteiger partial charge >= 0.3 is 5.97 Å². The van der Waals surface area contributed by atoms with Crippen LogP contribution in [0.4, 0.5) is 8.78 Å². The molecule has 0 radical (unpaired) electrons. The summed E-state index contributed by atoms with van der Waals surface area (Å²) >= 11 is 0. The predicted molar refractivity (Wildman–Crippen MR) is 44.9 cm³/mol. The van der Waals surface area contributed by atoms with Crippen molar-refractivity contribution in [1.29, 1.82) is 0 Å². The molecule has 1 aliphatic rings. The first kappa shape index (κ1) is 10.0. The van der Waals surface area contributed by atoms with Gasteiger partial charge < -0.3 is 5.11 Å². The van der Waals surface area contributed by atoms with E-state index in [4.69, 9.17) is 5.11 Å².